The van der Waals surface area contributed by atoms with Gasteiger partial charge in [-0.05, 0) is 53.6 Å². The van der Waals surface area contributed by atoms with Crippen molar-refractivity contribution in [3.63, 3.8) is 0 Å². The number of halogens is 1. The molecule has 0 aromatic heterocycles. The van der Waals surface area contributed by atoms with Crippen LogP contribution >= 0.6 is 22.6 Å². The van der Waals surface area contributed by atoms with E-state index in [9.17, 15) is 19.8 Å². The van der Waals surface area contributed by atoms with E-state index in [1.54, 1.807) is 36.1 Å². The number of amides is 2. The molecule has 3 rings (SSSR count). The molecule has 140 valence electrons. The first-order chi connectivity index (χ1) is 12.4. The molecule has 6 nitrogen and oxygen atoms in total. The van der Waals surface area contributed by atoms with Gasteiger partial charge in [-0.25, -0.2) is 0 Å². The fourth-order valence-electron chi connectivity index (χ4n) is 3.72. The number of nitrogens with zero attached hydrogens (tertiary/aromatic N) is 1. The van der Waals surface area contributed by atoms with Gasteiger partial charge in [-0.15, -0.1) is 0 Å². The molecule has 3 N–H and O–H groups in total. The number of rotatable bonds is 5. The van der Waals surface area contributed by atoms with E-state index in [0.29, 0.717) is 17.8 Å². The molecule has 0 saturated carbocycles. The molecule has 0 aliphatic carbocycles. The lowest BCUT2D eigenvalue weighted by Crippen LogP contribution is -2.40. The highest BCUT2D eigenvalue weighted by atomic mass is 127. The maximum atomic E-state index is 12.4. The normalized spacial score (nSPS) is 26.2. The minimum Gasteiger partial charge on any atom is -0.394 e. The molecule has 2 amide bonds. The molecule has 3 atom stereocenters. The predicted octanol–water partition coefficient (Wildman–Crippen LogP) is 2.00. The predicted molar refractivity (Wildman–Crippen MR) is 106 cm³/mol. The Morgan fingerprint density at radius 3 is 3.04 bits per heavy atom. The molecule has 0 spiro atoms. The van der Waals surface area contributed by atoms with Crippen molar-refractivity contribution in [3.8, 4) is 0 Å². The summed E-state index contributed by atoms with van der Waals surface area (Å²) in [5.74, 6) is -0.970. The minimum atomic E-state index is -1.64. The van der Waals surface area contributed by atoms with Gasteiger partial charge in [0.2, 0.25) is 5.91 Å². The third-order valence-corrected chi connectivity index (χ3v) is 5.94. The number of anilines is 1. The Kier molecular flexibility index (Phi) is 5.69. The number of aliphatic hydroxyl groups is 2. The van der Waals surface area contributed by atoms with Crippen LogP contribution in [0.3, 0.4) is 0 Å². The average Bonchev–Trinajstić information content (AvgIpc) is 3.19. The number of aliphatic hydroxyl groups excluding tert-OH is 1. The van der Waals surface area contributed by atoms with E-state index in [1.807, 2.05) is 6.07 Å². The maximum Gasteiger partial charge on any atom is 0.261 e. The summed E-state index contributed by atoms with van der Waals surface area (Å²) in [7, 11) is 0. The average molecular weight is 470 g/mol. The van der Waals surface area contributed by atoms with Crippen molar-refractivity contribution in [3.05, 3.63) is 39.5 Å². The van der Waals surface area contributed by atoms with Gasteiger partial charge < -0.3 is 20.4 Å². The molecule has 0 radical (unpaired) electrons. The fourth-order valence-corrected chi connectivity index (χ4v) is 4.21. The number of carbonyl (C=O) groups excluding carboxylic acids is 2. The summed E-state index contributed by atoms with van der Waals surface area (Å²) < 4.78 is 0.937. The van der Waals surface area contributed by atoms with Crippen LogP contribution in [0.1, 0.15) is 31.7 Å². The Bertz CT molecular complexity index is 751. The van der Waals surface area contributed by atoms with Crippen molar-refractivity contribution in [2.45, 2.75) is 37.8 Å². The van der Waals surface area contributed by atoms with Crippen LogP contribution in [0.2, 0.25) is 0 Å². The zero-order chi connectivity index (χ0) is 18.9. The quantitative estimate of drug-likeness (QED) is 0.454. The van der Waals surface area contributed by atoms with Crippen LogP contribution in [-0.4, -0.2) is 46.1 Å². The SMILES string of the molecule is C[C@H](/C=C/CC(=O)N1CCC[C@H]1CO)[C@@]1(O)C(=O)Nc2ccc(I)cc21. The largest absolute Gasteiger partial charge is 0.394 e. The molecular weight excluding hydrogens is 447 g/mol. The second-order valence-corrected chi connectivity index (χ2v) is 8.14. The zero-order valence-corrected chi connectivity index (χ0v) is 16.8. The molecular formula is C19H23IN2O4. The van der Waals surface area contributed by atoms with Crippen LogP contribution < -0.4 is 5.32 Å². The number of likely N-dealkylation sites (tertiary alicyclic amines) is 1. The smallest absolute Gasteiger partial charge is 0.261 e. The Morgan fingerprint density at radius 2 is 2.31 bits per heavy atom. The summed E-state index contributed by atoms with van der Waals surface area (Å²) in [6.07, 6.45) is 5.36. The van der Waals surface area contributed by atoms with Crippen LogP contribution in [0.5, 0.6) is 0 Å². The van der Waals surface area contributed by atoms with E-state index < -0.39 is 17.4 Å². The van der Waals surface area contributed by atoms with E-state index in [-0.39, 0.29) is 25.0 Å². The van der Waals surface area contributed by atoms with Crippen molar-refractivity contribution in [1.29, 1.82) is 0 Å². The highest BCUT2D eigenvalue weighted by Gasteiger charge is 2.48. The molecule has 1 fully saturated rings. The van der Waals surface area contributed by atoms with E-state index in [2.05, 4.69) is 27.9 Å². The topological polar surface area (TPSA) is 89.9 Å². The second-order valence-electron chi connectivity index (χ2n) is 6.90. The summed E-state index contributed by atoms with van der Waals surface area (Å²) in [5, 5.41) is 23.1. The van der Waals surface area contributed by atoms with Gasteiger partial charge in [0.15, 0.2) is 5.60 Å². The van der Waals surface area contributed by atoms with Gasteiger partial charge in [-0.3, -0.25) is 9.59 Å². The fraction of sp³-hybridized carbons (Fsp3) is 0.474. The highest BCUT2D eigenvalue weighted by Crippen LogP contribution is 2.42. The Balaban J connectivity index is 1.71. The molecule has 2 heterocycles. The summed E-state index contributed by atoms with van der Waals surface area (Å²) >= 11 is 2.15. The second kappa shape index (κ2) is 7.66. The Hall–Kier alpha value is -1.45. The minimum absolute atomic E-state index is 0.0127. The van der Waals surface area contributed by atoms with Gasteiger partial charge in [0.05, 0.1) is 12.6 Å². The van der Waals surface area contributed by atoms with E-state index in [4.69, 9.17) is 0 Å². The van der Waals surface area contributed by atoms with E-state index >= 15 is 0 Å². The molecule has 2 aliphatic rings. The molecule has 2 aliphatic heterocycles. The van der Waals surface area contributed by atoms with Crippen LogP contribution in [0.15, 0.2) is 30.4 Å². The zero-order valence-electron chi connectivity index (χ0n) is 14.6. The molecule has 1 aromatic carbocycles. The summed E-state index contributed by atoms with van der Waals surface area (Å²) in [6, 6.07) is 5.37. The summed E-state index contributed by atoms with van der Waals surface area (Å²) in [5.41, 5.74) is -0.452. The molecule has 1 aromatic rings. The standard InChI is InChI=1S/C19H23IN2O4/c1-12(4-2-6-17(24)22-9-3-5-14(22)11-23)19(26)15-10-13(20)7-8-16(15)21-18(19)25/h2,4,7-8,10,12,14,23,26H,3,5-6,9,11H2,1H3,(H,21,25)/b4-2+/t12-,14+,19+/m1/s1. The lowest BCUT2D eigenvalue weighted by atomic mass is 9.83. The highest BCUT2D eigenvalue weighted by molar-refractivity contribution is 14.1. The third-order valence-electron chi connectivity index (χ3n) is 5.27. The lowest BCUT2D eigenvalue weighted by molar-refractivity contribution is -0.137. The van der Waals surface area contributed by atoms with Gasteiger partial charge in [-0.1, -0.05) is 19.1 Å². The molecule has 26 heavy (non-hydrogen) atoms. The van der Waals surface area contributed by atoms with E-state index in [1.165, 1.54) is 0 Å². The van der Waals surface area contributed by atoms with Crippen molar-refractivity contribution >= 4 is 40.1 Å². The van der Waals surface area contributed by atoms with Crippen LogP contribution in [0, 0.1) is 9.49 Å². The van der Waals surface area contributed by atoms with Gasteiger partial charge >= 0.3 is 0 Å². The van der Waals surface area contributed by atoms with E-state index in [0.717, 1.165) is 16.4 Å². The number of benzene rings is 1. The number of nitrogens with one attached hydrogen (secondary N) is 1. The first-order valence-corrected chi connectivity index (χ1v) is 9.86. The van der Waals surface area contributed by atoms with Crippen molar-refractivity contribution in [1.82, 2.24) is 4.90 Å². The van der Waals surface area contributed by atoms with Gasteiger partial charge in [0, 0.05) is 33.7 Å². The Morgan fingerprint density at radius 1 is 1.54 bits per heavy atom. The maximum absolute atomic E-state index is 12.4. The number of hydrogen-bond acceptors (Lipinski definition) is 4. The van der Waals surface area contributed by atoms with Crippen LogP contribution in [0.4, 0.5) is 5.69 Å². The van der Waals surface area contributed by atoms with Gasteiger partial charge in [-0.2, -0.15) is 0 Å². The Labute approximate surface area is 166 Å². The number of hydrogen-bond donors (Lipinski definition) is 3. The van der Waals surface area contributed by atoms with Crippen molar-refractivity contribution in [2.75, 3.05) is 18.5 Å². The first-order valence-electron chi connectivity index (χ1n) is 8.78. The van der Waals surface area contributed by atoms with Crippen LogP contribution in [-0.2, 0) is 15.2 Å². The summed E-state index contributed by atoms with van der Waals surface area (Å²) in [4.78, 5) is 26.4. The third kappa shape index (κ3) is 3.39. The monoisotopic (exact) mass is 470 g/mol. The first kappa shape index (κ1) is 19.3. The number of carbonyl (C=O) groups is 2. The lowest BCUT2D eigenvalue weighted by Gasteiger charge is -2.26. The van der Waals surface area contributed by atoms with Gasteiger partial charge in [0.1, 0.15) is 0 Å². The molecule has 0 bridgehead atoms. The molecule has 7 heteroatoms. The molecule has 1 saturated heterocycles. The van der Waals surface area contributed by atoms with Crippen molar-refractivity contribution < 1.29 is 19.8 Å². The van der Waals surface area contributed by atoms with Crippen LogP contribution in [0.25, 0.3) is 0 Å². The van der Waals surface area contributed by atoms with Gasteiger partial charge in [0.25, 0.3) is 5.91 Å². The van der Waals surface area contributed by atoms with Crippen molar-refractivity contribution in [2.24, 2.45) is 5.92 Å². The summed E-state index contributed by atoms with van der Waals surface area (Å²) in [6.45, 7) is 2.43. The number of fused-ring (bicyclic) bond motifs is 1. The molecule has 0 unspecified atom stereocenters.